The Balaban J connectivity index is 1.67. The van der Waals surface area contributed by atoms with Gasteiger partial charge in [-0.2, -0.15) is 0 Å². The Hall–Kier alpha value is -2.62. The molecular formula is C16H16N2O2. The fourth-order valence-corrected chi connectivity index (χ4v) is 1.57. The van der Waals surface area contributed by atoms with Gasteiger partial charge in [-0.1, -0.05) is 24.3 Å². The molecule has 102 valence electrons. The number of hydrogen-bond donors (Lipinski definition) is 1. The third kappa shape index (κ3) is 4.94. The monoisotopic (exact) mass is 268 g/mol. The summed E-state index contributed by atoms with van der Waals surface area (Å²) in [7, 11) is 0. The second kappa shape index (κ2) is 7.74. The molecule has 2 aromatic rings. The van der Waals surface area contributed by atoms with Crippen LogP contribution in [0.2, 0.25) is 0 Å². The molecule has 1 amide bonds. The van der Waals surface area contributed by atoms with Crippen molar-refractivity contribution in [3.63, 3.8) is 0 Å². The highest BCUT2D eigenvalue weighted by molar-refractivity contribution is 5.91. The van der Waals surface area contributed by atoms with E-state index < -0.39 is 0 Å². The summed E-state index contributed by atoms with van der Waals surface area (Å²) in [6.07, 6.45) is 6.60. The molecule has 0 aliphatic heterocycles. The van der Waals surface area contributed by atoms with Crippen molar-refractivity contribution in [3.05, 3.63) is 66.5 Å². The second-order valence-electron chi connectivity index (χ2n) is 4.07. The van der Waals surface area contributed by atoms with Crippen molar-refractivity contribution in [2.24, 2.45) is 0 Å². The van der Waals surface area contributed by atoms with Crippen molar-refractivity contribution < 1.29 is 9.53 Å². The maximum Gasteiger partial charge on any atom is 0.244 e. The Morgan fingerprint density at radius 1 is 1.20 bits per heavy atom. The van der Waals surface area contributed by atoms with Crippen molar-refractivity contribution >= 4 is 12.0 Å². The maximum absolute atomic E-state index is 11.6. The van der Waals surface area contributed by atoms with Crippen LogP contribution in [0.25, 0.3) is 6.08 Å². The van der Waals surface area contributed by atoms with Gasteiger partial charge < -0.3 is 10.1 Å². The Morgan fingerprint density at radius 2 is 2.05 bits per heavy atom. The number of carbonyl (C=O) groups excluding carboxylic acids is 1. The summed E-state index contributed by atoms with van der Waals surface area (Å²) in [6.45, 7) is 0.904. The number of aromatic nitrogens is 1. The number of pyridine rings is 1. The maximum atomic E-state index is 11.6. The van der Waals surface area contributed by atoms with Crippen LogP contribution in [0.3, 0.4) is 0 Å². The first-order valence-electron chi connectivity index (χ1n) is 6.38. The summed E-state index contributed by atoms with van der Waals surface area (Å²) in [5.74, 6) is 0.651. The number of rotatable bonds is 6. The number of hydrogen-bond acceptors (Lipinski definition) is 3. The summed E-state index contributed by atoms with van der Waals surface area (Å²) in [6, 6.07) is 13.2. The van der Waals surface area contributed by atoms with Gasteiger partial charge in [-0.3, -0.25) is 9.78 Å². The molecule has 1 aromatic carbocycles. The van der Waals surface area contributed by atoms with Crippen LogP contribution in [0.4, 0.5) is 0 Å². The molecule has 4 heteroatoms. The van der Waals surface area contributed by atoms with Crippen molar-refractivity contribution in [2.75, 3.05) is 13.2 Å². The lowest BCUT2D eigenvalue weighted by Crippen LogP contribution is -2.26. The first-order valence-corrected chi connectivity index (χ1v) is 6.38. The van der Waals surface area contributed by atoms with Gasteiger partial charge in [0.15, 0.2) is 0 Å². The third-order valence-corrected chi connectivity index (χ3v) is 2.52. The molecule has 0 atom stereocenters. The highest BCUT2D eigenvalue weighted by atomic mass is 16.5. The van der Waals surface area contributed by atoms with E-state index in [-0.39, 0.29) is 5.91 Å². The van der Waals surface area contributed by atoms with Gasteiger partial charge in [0, 0.05) is 18.5 Å². The van der Waals surface area contributed by atoms with Crippen LogP contribution in [0, 0.1) is 0 Å². The summed E-state index contributed by atoms with van der Waals surface area (Å²) in [5.41, 5.74) is 0.892. The predicted octanol–water partition coefficient (Wildman–Crippen LogP) is 2.29. The van der Waals surface area contributed by atoms with Gasteiger partial charge >= 0.3 is 0 Å². The van der Waals surface area contributed by atoms with Crippen LogP contribution in [0.1, 0.15) is 5.56 Å². The van der Waals surface area contributed by atoms with E-state index in [9.17, 15) is 4.79 Å². The van der Waals surface area contributed by atoms with E-state index in [4.69, 9.17) is 4.74 Å². The summed E-state index contributed by atoms with van der Waals surface area (Å²) < 4.78 is 5.47. The second-order valence-corrected chi connectivity index (χ2v) is 4.07. The molecule has 0 saturated carbocycles. The van der Waals surface area contributed by atoms with Crippen LogP contribution in [0.15, 0.2) is 60.9 Å². The van der Waals surface area contributed by atoms with Gasteiger partial charge in [-0.05, 0) is 29.8 Å². The SMILES string of the molecule is O=C(/C=C/c1cccnc1)NCCOc1ccccc1. The van der Waals surface area contributed by atoms with Crippen molar-refractivity contribution in [3.8, 4) is 5.75 Å². The minimum Gasteiger partial charge on any atom is -0.492 e. The smallest absolute Gasteiger partial charge is 0.244 e. The van der Waals surface area contributed by atoms with Crippen LogP contribution in [-0.4, -0.2) is 24.0 Å². The summed E-state index contributed by atoms with van der Waals surface area (Å²) >= 11 is 0. The predicted molar refractivity (Wildman–Crippen MR) is 78.2 cm³/mol. The Morgan fingerprint density at radius 3 is 2.80 bits per heavy atom. The number of ether oxygens (including phenoxy) is 1. The highest BCUT2D eigenvalue weighted by Crippen LogP contribution is 2.07. The lowest BCUT2D eigenvalue weighted by Gasteiger charge is -2.05. The van der Waals surface area contributed by atoms with Crippen LogP contribution >= 0.6 is 0 Å². The van der Waals surface area contributed by atoms with Crippen LogP contribution in [-0.2, 0) is 4.79 Å². The Kier molecular flexibility index (Phi) is 5.34. The minimum atomic E-state index is -0.148. The fourth-order valence-electron chi connectivity index (χ4n) is 1.57. The van der Waals surface area contributed by atoms with Crippen LogP contribution < -0.4 is 10.1 Å². The normalized spacial score (nSPS) is 10.4. The van der Waals surface area contributed by atoms with Gasteiger partial charge in [0.2, 0.25) is 5.91 Å². The molecule has 0 spiro atoms. The molecule has 0 saturated heterocycles. The van der Waals surface area contributed by atoms with Gasteiger partial charge in [-0.25, -0.2) is 0 Å². The van der Waals surface area contributed by atoms with E-state index in [0.717, 1.165) is 11.3 Å². The molecule has 0 unspecified atom stereocenters. The zero-order chi connectivity index (χ0) is 14.0. The number of para-hydroxylation sites is 1. The molecule has 1 aromatic heterocycles. The number of benzene rings is 1. The first kappa shape index (κ1) is 13.8. The molecule has 0 aliphatic rings. The molecular weight excluding hydrogens is 252 g/mol. The van der Waals surface area contributed by atoms with Gasteiger partial charge in [0.05, 0.1) is 6.54 Å². The molecule has 0 aliphatic carbocycles. The molecule has 1 N–H and O–H groups in total. The topological polar surface area (TPSA) is 51.2 Å². The van der Waals surface area contributed by atoms with E-state index in [1.807, 2.05) is 42.5 Å². The van der Waals surface area contributed by atoms with Gasteiger partial charge in [-0.15, -0.1) is 0 Å². The molecule has 0 fully saturated rings. The lowest BCUT2D eigenvalue weighted by atomic mass is 10.2. The van der Waals surface area contributed by atoms with Crippen molar-refractivity contribution in [1.29, 1.82) is 0 Å². The Labute approximate surface area is 118 Å². The van der Waals surface area contributed by atoms with Crippen molar-refractivity contribution in [1.82, 2.24) is 10.3 Å². The van der Waals surface area contributed by atoms with E-state index in [2.05, 4.69) is 10.3 Å². The Bertz CT molecular complexity index is 553. The lowest BCUT2D eigenvalue weighted by molar-refractivity contribution is -0.116. The molecule has 20 heavy (non-hydrogen) atoms. The fraction of sp³-hybridized carbons (Fsp3) is 0.125. The molecule has 2 rings (SSSR count). The average Bonchev–Trinajstić information content (AvgIpc) is 2.52. The van der Waals surface area contributed by atoms with Gasteiger partial charge in [0.1, 0.15) is 12.4 Å². The minimum absolute atomic E-state index is 0.148. The standard InChI is InChI=1S/C16H16N2O2/c19-16(9-8-14-5-4-10-17-13-14)18-11-12-20-15-6-2-1-3-7-15/h1-10,13H,11-12H2,(H,18,19)/b9-8+. The number of nitrogens with zero attached hydrogens (tertiary/aromatic N) is 1. The largest absolute Gasteiger partial charge is 0.492 e. The van der Waals surface area contributed by atoms with E-state index in [0.29, 0.717) is 13.2 Å². The summed E-state index contributed by atoms with van der Waals surface area (Å²) in [4.78, 5) is 15.5. The zero-order valence-electron chi connectivity index (χ0n) is 11.0. The van der Waals surface area contributed by atoms with Crippen molar-refractivity contribution in [2.45, 2.75) is 0 Å². The molecule has 4 nitrogen and oxygen atoms in total. The zero-order valence-corrected chi connectivity index (χ0v) is 11.0. The molecule has 0 radical (unpaired) electrons. The van der Waals surface area contributed by atoms with E-state index in [1.54, 1.807) is 18.5 Å². The van der Waals surface area contributed by atoms with Crippen LogP contribution in [0.5, 0.6) is 5.75 Å². The van der Waals surface area contributed by atoms with Gasteiger partial charge in [0.25, 0.3) is 0 Å². The van der Waals surface area contributed by atoms with E-state index in [1.165, 1.54) is 6.08 Å². The first-order chi connectivity index (χ1) is 9.84. The summed E-state index contributed by atoms with van der Waals surface area (Å²) in [5, 5.41) is 2.75. The third-order valence-electron chi connectivity index (χ3n) is 2.52. The molecule has 1 heterocycles. The quantitative estimate of drug-likeness (QED) is 0.646. The molecule has 0 bridgehead atoms. The number of nitrogens with one attached hydrogen (secondary N) is 1. The van der Waals surface area contributed by atoms with E-state index >= 15 is 0 Å². The number of carbonyl (C=O) groups is 1. The number of amides is 1. The highest BCUT2D eigenvalue weighted by Gasteiger charge is 1.96. The average molecular weight is 268 g/mol.